The first-order valence-electron chi connectivity index (χ1n) is 7.81. The molecular weight excluding hydrogens is 248 g/mol. The monoisotopic (exact) mass is 274 g/mol. The largest absolute Gasteiger partial charge is 0.371 e. The first-order valence-corrected chi connectivity index (χ1v) is 7.81. The van der Waals surface area contributed by atoms with Gasteiger partial charge in [-0.3, -0.25) is 4.98 Å². The molecule has 1 saturated heterocycles. The second-order valence-electron chi connectivity index (χ2n) is 6.34. The molecule has 4 heteroatoms. The van der Waals surface area contributed by atoms with Crippen LogP contribution in [-0.4, -0.2) is 49.2 Å². The zero-order valence-corrected chi connectivity index (χ0v) is 12.7. The fraction of sp³-hybridized carbons (Fsp3) is 0.688. The maximum absolute atomic E-state index is 4.31. The molecule has 0 spiro atoms. The van der Waals surface area contributed by atoms with Gasteiger partial charge in [0, 0.05) is 55.4 Å². The Hall–Kier alpha value is -1.13. The van der Waals surface area contributed by atoms with Crippen LogP contribution in [0.1, 0.15) is 31.2 Å². The van der Waals surface area contributed by atoms with Gasteiger partial charge in [-0.05, 0) is 45.8 Å². The van der Waals surface area contributed by atoms with E-state index in [2.05, 4.69) is 40.3 Å². The summed E-state index contributed by atoms with van der Waals surface area (Å²) in [7, 11) is 4.38. The van der Waals surface area contributed by atoms with E-state index in [1.165, 1.54) is 36.9 Å². The lowest BCUT2D eigenvalue weighted by Gasteiger charge is -2.37. The zero-order chi connectivity index (χ0) is 13.9. The topological polar surface area (TPSA) is 31.4 Å². The molecule has 110 valence electrons. The predicted molar refractivity (Wildman–Crippen MR) is 83.0 cm³/mol. The third-order valence-electron chi connectivity index (χ3n) is 4.57. The molecule has 1 N–H and O–H groups in total. The van der Waals surface area contributed by atoms with Crippen molar-refractivity contribution in [3.05, 3.63) is 24.0 Å². The fourth-order valence-corrected chi connectivity index (χ4v) is 3.03. The average molecular weight is 274 g/mol. The highest BCUT2D eigenvalue weighted by atomic mass is 15.2. The Morgan fingerprint density at radius 2 is 2.00 bits per heavy atom. The number of pyridine rings is 1. The van der Waals surface area contributed by atoms with E-state index in [-0.39, 0.29) is 0 Å². The second kappa shape index (κ2) is 6.10. The summed E-state index contributed by atoms with van der Waals surface area (Å²) in [4.78, 5) is 9.20. The van der Waals surface area contributed by atoms with Crippen LogP contribution >= 0.6 is 0 Å². The molecule has 2 fully saturated rings. The van der Waals surface area contributed by atoms with E-state index in [4.69, 9.17) is 0 Å². The first kappa shape index (κ1) is 13.8. The Kier molecular flexibility index (Phi) is 4.22. The molecule has 20 heavy (non-hydrogen) atoms. The van der Waals surface area contributed by atoms with E-state index in [0.29, 0.717) is 0 Å². The SMILES string of the molecule is CN(C)C1CCN(c2ccncc2CNC2CC2)CC1. The standard InChI is InChI=1S/C16H26N4/c1-19(2)15-6-9-20(10-7-15)16-5-8-17-11-13(16)12-18-14-3-4-14/h5,8,11,14-15,18H,3-4,6-7,9-10,12H2,1-2H3. The van der Waals surface area contributed by atoms with Gasteiger partial charge >= 0.3 is 0 Å². The van der Waals surface area contributed by atoms with Crippen LogP contribution in [0.2, 0.25) is 0 Å². The summed E-state index contributed by atoms with van der Waals surface area (Å²) in [6.45, 7) is 3.27. The van der Waals surface area contributed by atoms with Crippen LogP contribution in [0.5, 0.6) is 0 Å². The first-order chi connectivity index (χ1) is 9.74. The van der Waals surface area contributed by atoms with Gasteiger partial charge in [-0.2, -0.15) is 0 Å². The quantitative estimate of drug-likeness (QED) is 0.888. The maximum atomic E-state index is 4.31. The average Bonchev–Trinajstić information content (AvgIpc) is 3.30. The Morgan fingerprint density at radius 3 is 2.65 bits per heavy atom. The minimum atomic E-state index is 0.737. The lowest BCUT2D eigenvalue weighted by Crippen LogP contribution is -2.42. The van der Waals surface area contributed by atoms with Crippen molar-refractivity contribution < 1.29 is 0 Å². The summed E-state index contributed by atoms with van der Waals surface area (Å²) < 4.78 is 0. The molecule has 2 aliphatic rings. The van der Waals surface area contributed by atoms with Gasteiger partial charge in [0.1, 0.15) is 0 Å². The van der Waals surface area contributed by atoms with E-state index >= 15 is 0 Å². The fourth-order valence-electron chi connectivity index (χ4n) is 3.03. The molecule has 0 amide bonds. The van der Waals surface area contributed by atoms with Gasteiger partial charge < -0.3 is 15.1 Å². The van der Waals surface area contributed by atoms with Crippen molar-refractivity contribution in [2.24, 2.45) is 0 Å². The van der Waals surface area contributed by atoms with Crippen LogP contribution < -0.4 is 10.2 Å². The molecule has 1 aliphatic carbocycles. The van der Waals surface area contributed by atoms with Crippen molar-refractivity contribution in [3.63, 3.8) is 0 Å². The van der Waals surface area contributed by atoms with Crippen molar-refractivity contribution in [2.75, 3.05) is 32.1 Å². The number of hydrogen-bond donors (Lipinski definition) is 1. The van der Waals surface area contributed by atoms with Crippen LogP contribution in [0.4, 0.5) is 5.69 Å². The van der Waals surface area contributed by atoms with Crippen molar-refractivity contribution in [3.8, 4) is 0 Å². The Labute approximate surface area is 122 Å². The van der Waals surface area contributed by atoms with Gasteiger partial charge in [-0.25, -0.2) is 0 Å². The van der Waals surface area contributed by atoms with Crippen molar-refractivity contribution >= 4 is 5.69 Å². The Morgan fingerprint density at radius 1 is 1.25 bits per heavy atom. The van der Waals surface area contributed by atoms with E-state index in [1.807, 2.05) is 12.4 Å². The molecule has 0 atom stereocenters. The van der Waals surface area contributed by atoms with Gasteiger partial charge in [0.25, 0.3) is 0 Å². The maximum Gasteiger partial charge on any atom is 0.0442 e. The molecule has 1 aromatic heterocycles. The van der Waals surface area contributed by atoms with Crippen LogP contribution in [0, 0.1) is 0 Å². The van der Waals surface area contributed by atoms with Gasteiger partial charge in [0.05, 0.1) is 0 Å². The predicted octanol–water partition coefficient (Wildman–Crippen LogP) is 1.86. The number of aromatic nitrogens is 1. The summed E-state index contributed by atoms with van der Waals surface area (Å²) in [6.07, 6.45) is 9.14. The van der Waals surface area contributed by atoms with Crippen molar-refractivity contribution in [2.45, 2.75) is 44.3 Å². The molecule has 4 nitrogen and oxygen atoms in total. The lowest BCUT2D eigenvalue weighted by molar-refractivity contribution is 0.249. The van der Waals surface area contributed by atoms with Crippen LogP contribution in [0.15, 0.2) is 18.5 Å². The molecule has 1 aliphatic heterocycles. The minimum Gasteiger partial charge on any atom is -0.371 e. The van der Waals surface area contributed by atoms with Crippen molar-refractivity contribution in [1.29, 1.82) is 0 Å². The van der Waals surface area contributed by atoms with E-state index in [0.717, 1.165) is 31.7 Å². The van der Waals surface area contributed by atoms with E-state index < -0.39 is 0 Å². The van der Waals surface area contributed by atoms with Crippen LogP contribution in [0.3, 0.4) is 0 Å². The molecular formula is C16H26N4. The summed E-state index contributed by atoms with van der Waals surface area (Å²) in [6, 6.07) is 3.67. The van der Waals surface area contributed by atoms with Crippen LogP contribution in [-0.2, 0) is 6.54 Å². The summed E-state index contributed by atoms with van der Waals surface area (Å²) in [5, 5.41) is 3.60. The van der Waals surface area contributed by atoms with E-state index in [1.54, 1.807) is 0 Å². The highest BCUT2D eigenvalue weighted by molar-refractivity contribution is 5.52. The smallest absolute Gasteiger partial charge is 0.0442 e. The number of piperidine rings is 1. The summed E-state index contributed by atoms with van der Waals surface area (Å²) in [5.41, 5.74) is 2.73. The molecule has 1 aromatic rings. The van der Waals surface area contributed by atoms with Gasteiger partial charge in [0.2, 0.25) is 0 Å². The summed E-state index contributed by atoms with van der Waals surface area (Å²) in [5.74, 6) is 0. The number of nitrogens with zero attached hydrogens (tertiary/aromatic N) is 3. The Balaban J connectivity index is 1.64. The highest BCUT2D eigenvalue weighted by Crippen LogP contribution is 2.26. The van der Waals surface area contributed by atoms with Crippen LogP contribution in [0.25, 0.3) is 0 Å². The molecule has 0 aromatic carbocycles. The second-order valence-corrected chi connectivity index (χ2v) is 6.34. The number of hydrogen-bond acceptors (Lipinski definition) is 4. The summed E-state index contributed by atoms with van der Waals surface area (Å²) >= 11 is 0. The van der Waals surface area contributed by atoms with Crippen molar-refractivity contribution in [1.82, 2.24) is 15.2 Å². The molecule has 1 saturated carbocycles. The molecule has 2 heterocycles. The number of rotatable bonds is 5. The third kappa shape index (κ3) is 3.30. The van der Waals surface area contributed by atoms with Gasteiger partial charge in [0.15, 0.2) is 0 Å². The molecule has 0 radical (unpaired) electrons. The third-order valence-corrected chi connectivity index (χ3v) is 4.57. The Bertz CT molecular complexity index is 434. The molecule has 0 bridgehead atoms. The van der Waals surface area contributed by atoms with E-state index in [9.17, 15) is 0 Å². The number of anilines is 1. The molecule has 0 unspecified atom stereocenters. The minimum absolute atomic E-state index is 0.737. The molecule has 3 rings (SSSR count). The highest BCUT2D eigenvalue weighted by Gasteiger charge is 2.24. The van der Waals surface area contributed by atoms with Gasteiger partial charge in [-0.15, -0.1) is 0 Å². The number of nitrogens with one attached hydrogen (secondary N) is 1. The van der Waals surface area contributed by atoms with Gasteiger partial charge in [-0.1, -0.05) is 0 Å². The normalized spacial score (nSPS) is 20.6. The lowest BCUT2D eigenvalue weighted by atomic mass is 10.0. The zero-order valence-electron chi connectivity index (χ0n) is 12.7.